The first-order valence-electron chi connectivity index (χ1n) is 8.39. The van der Waals surface area contributed by atoms with Gasteiger partial charge in [0.05, 0.1) is 16.2 Å². The summed E-state index contributed by atoms with van der Waals surface area (Å²) in [6.07, 6.45) is 5.41. The highest BCUT2D eigenvalue weighted by Crippen LogP contribution is 2.23. The lowest BCUT2D eigenvalue weighted by Crippen LogP contribution is -2.51. The van der Waals surface area contributed by atoms with Crippen molar-refractivity contribution >= 4 is 21.5 Å². The lowest BCUT2D eigenvalue weighted by molar-refractivity contribution is -0.110. The second kappa shape index (κ2) is 7.32. The van der Waals surface area contributed by atoms with Crippen LogP contribution in [0.15, 0.2) is 83.8 Å². The molecular weight excluding hydrogens is 362 g/mol. The Labute approximate surface area is 158 Å². The van der Waals surface area contributed by atoms with E-state index in [1.165, 1.54) is 24.3 Å². The summed E-state index contributed by atoms with van der Waals surface area (Å²) < 4.78 is 25.8. The Balaban J connectivity index is 1.93. The second-order valence-electron chi connectivity index (χ2n) is 6.50. The molecule has 0 saturated heterocycles. The number of benzene rings is 2. The van der Waals surface area contributed by atoms with Crippen molar-refractivity contribution in [3.8, 4) is 0 Å². The van der Waals surface area contributed by atoms with Gasteiger partial charge in [-0.25, -0.2) is 8.42 Å². The van der Waals surface area contributed by atoms with E-state index in [0.717, 1.165) is 5.56 Å². The van der Waals surface area contributed by atoms with E-state index in [0.29, 0.717) is 5.56 Å². The summed E-state index contributed by atoms with van der Waals surface area (Å²) in [5, 5.41) is 2.76. The lowest BCUT2D eigenvalue weighted by atomic mass is 9.95. The van der Waals surface area contributed by atoms with Crippen LogP contribution in [0.4, 0.5) is 0 Å². The van der Waals surface area contributed by atoms with Crippen molar-refractivity contribution in [2.45, 2.75) is 17.4 Å². The zero-order valence-corrected chi connectivity index (χ0v) is 15.6. The SMILES string of the molecule is Cc1ccc(S(=O)(=O)CC2(NC(=O)c3ccccc3)C=CC(=O)C=C2)cc1. The van der Waals surface area contributed by atoms with E-state index >= 15 is 0 Å². The van der Waals surface area contributed by atoms with E-state index in [1.807, 2.05) is 6.92 Å². The molecule has 27 heavy (non-hydrogen) atoms. The molecule has 0 unspecified atom stereocenters. The second-order valence-corrected chi connectivity index (χ2v) is 8.49. The van der Waals surface area contributed by atoms with Crippen molar-refractivity contribution in [2.75, 3.05) is 5.75 Å². The third-order valence-electron chi connectivity index (χ3n) is 4.28. The lowest BCUT2D eigenvalue weighted by Gasteiger charge is -2.30. The summed E-state index contributed by atoms with van der Waals surface area (Å²) in [4.78, 5) is 24.3. The predicted octanol–water partition coefficient (Wildman–Crippen LogP) is 2.63. The minimum absolute atomic E-state index is 0.167. The van der Waals surface area contributed by atoms with Crippen molar-refractivity contribution in [2.24, 2.45) is 0 Å². The Morgan fingerprint density at radius 2 is 1.56 bits per heavy atom. The number of hydrogen-bond donors (Lipinski definition) is 1. The summed E-state index contributed by atoms with van der Waals surface area (Å²) in [5.74, 6) is -1.06. The van der Waals surface area contributed by atoms with Gasteiger partial charge in [-0.1, -0.05) is 48.0 Å². The smallest absolute Gasteiger partial charge is 0.252 e. The van der Waals surface area contributed by atoms with Crippen LogP contribution in [-0.4, -0.2) is 31.4 Å². The molecule has 0 fully saturated rings. The van der Waals surface area contributed by atoms with E-state index in [1.54, 1.807) is 54.6 Å². The third-order valence-corrected chi connectivity index (χ3v) is 6.13. The molecule has 0 atom stereocenters. The van der Waals surface area contributed by atoms with Crippen molar-refractivity contribution in [3.05, 3.63) is 90.0 Å². The molecule has 1 N–H and O–H groups in total. The molecular formula is C21H19NO4S. The molecule has 2 aromatic carbocycles. The molecule has 2 aromatic rings. The average Bonchev–Trinajstić information content (AvgIpc) is 2.65. The van der Waals surface area contributed by atoms with Gasteiger partial charge in [-0.3, -0.25) is 9.59 Å². The first-order chi connectivity index (χ1) is 12.8. The highest BCUT2D eigenvalue weighted by molar-refractivity contribution is 7.91. The van der Waals surface area contributed by atoms with Gasteiger partial charge in [0.2, 0.25) is 0 Å². The number of hydrogen-bond acceptors (Lipinski definition) is 4. The maximum absolute atomic E-state index is 12.9. The van der Waals surface area contributed by atoms with Crippen molar-refractivity contribution in [1.82, 2.24) is 5.32 Å². The van der Waals surface area contributed by atoms with Gasteiger partial charge in [-0.2, -0.15) is 0 Å². The normalized spacial score (nSPS) is 15.5. The van der Waals surface area contributed by atoms with Crippen molar-refractivity contribution < 1.29 is 18.0 Å². The molecule has 138 valence electrons. The standard InChI is InChI=1S/C21H19NO4S/c1-16-7-9-19(10-8-16)27(25,26)15-21(13-11-18(23)12-14-21)22-20(24)17-5-3-2-4-6-17/h2-14H,15H2,1H3,(H,22,24). The average molecular weight is 381 g/mol. The van der Waals surface area contributed by atoms with Crippen LogP contribution in [0.3, 0.4) is 0 Å². The predicted molar refractivity (Wildman–Crippen MR) is 103 cm³/mol. The molecule has 1 aliphatic carbocycles. The fraction of sp³-hybridized carbons (Fsp3) is 0.143. The van der Waals surface area contributed by atoms with Gasteiger partial charge in [0.1, 0.15) is 0 Å². The van der Waals surface area contributed by atoms with Crippen molar-refractivity contribution in [3.63, 3.8) is 0 Å². The van der Waals surface area contributed by atoms with Gasteiger partial charge in [0.25, 0.3) is 5.91 Å². The molecule has 6 heteroatoms. The maximum atomic E-state index is 12.9. The van der Waals surface area contributed by atoms with Gasteiger partial charge in [-0.15, -0.1) is 0 Å². The Kier molecular flexibility index (Phi) is 5.10. The first kappa shape index (κ1) is 18.8. The minimum atomic E-state index is -3.71. The van der Waals surface area contributed by atoms with Crippen LogP contribution in [0.5, 0.6) is 0 Å². The zero-order chi connectivity index (χ0) is 19.5. The van der Waals surface area contributed by atoms with Gasteiger partial charge >= 0.3 is 0 Å². The molecule has 1 amide bonds. The van der Waals surface area contributed by atoms with Gasteiger partial charge in [-0.05, 0) is 43.3 Å². The molecule has 3 rings (SSSR count). The number of nitrogens with one attached hydrogen (secondary N) is 1. The minimum Gasteiger partial charge on any atom is -0.339 e. The van der Waals surface area contributed by atoms with Gasteiger partial charge in [0.15, 0.2) is 15.6 Å². The number of carbonyl (C=O) groups excluding carboxylic acids is 2. The van der Waals surface area contributed by atoms with Crippen LogP contribution in [0.25, 0.3) is 0 Å². The number of rotatable bonds is 5. The quantitative estimate of drug-likeness (QED) is 0.863. The van der Waals surface area contributed by atoms with E-state index in [2.05, 4.69) is 5.32 Å². The summed E-state index contributed by atoms with van der Waals surface area (Å²) >= 11 is 0. The fourth-order valence-electron chi connectivity index (χ4n) is 2.80. The third kappa shape index (κ3) is 4.41. The molecule has 0 bridgehead atoms. The highest BCUT2D eigenvalue weighted by atomic mass is 32.2. The number of allylic oxidation sites excluding steroid dienone is 2. The van der Waals surface area contributed by atoms with E-state index in [9.17, 15) is 18.0 Å². The maximum Gasteiger partial charge on any atom is 0.252 e. The van der Waals surface area contributed by atoms with Crippen LogP contribution in [-0.2, 0) is 14.6 Å². The van der Waals surface area contributed by atoms with Gasteiger partial charge in [0, 0.05) is 5.56 Å². The molecule has 0 radical (unpaired) electrons. The number of ketones is 1. The Morgan fingerprint density at radius 3 is 2.15 bits per heavy atom. The number of carbonyl (C=O) groups is 2. The van der Waals surface area contributed by atoms with E-state index in [-0.39, 0.29) is 16.4 Å². The molecule has 0 heterocycles. The van der Waals surface area contributed by atoms with Crippen LogP contribution < -0.4 is 5.32 Å². The largest absolute Gasteiger partial charge is 0.339 e. The monoisotopic (exact) mass is 381 g/mol. The molecule has 1 aliphatic rings. The first-order valence-corrected chi connectivity index (χ1v) is 10.0. The van der Waals surface area contributed by atoms with Crippen LogP contribution >= 0.6 is 0 Å². The summed E-state index contributed by atoms with van der Waals surface area (Å²) in [5.41, 5.74) is 0.0530. The Hall–Kier alpha value is -2.99. The molecule has 0 aromatic heterocycles. The van der Waals surface area contributed by atoms with Crippen LogP contribution in [0.1, 0.15) is 15.9 Å². The van der Waals surface area contributed by atoms with Gasteiger partial charge < -0.3 is 5.32 Å². The summed E-state index contributed by atoms with van der Waals surface area (Å²) in [6, 6.07) is 15.0. The van der Waals surface area contributed by atoms with Crippen LogP contribution in [0, 0.1) is 6.92 Å². The molecule has 5 nitrogen and oxygen atoms in total. The number of sulfone groups is 1. The molecule has 0 spiro atoms. The van der Waals surface area contributed by atoms with Crippen LogP contribution in [0.2, 0.25) is 0 Å². The van der Waals surface area contributed by atoms with E-state index < -0.39 is 21.3 Å². The molecule has 0 aliphatic heterocycles. The zero-order valence-electron chi connectivity index (χ0n) is 14.8. The summed E-state index contributed by atoms with van der Waals surface area (Å²) in [6.45, 7) is 1.87. The topological polar surface area (TPSA) is 80.3 Å². The number of amides is 1. The van der Waals surface area contributed by atoms with Crippen molar-refractivity contribution in [1.29, 1.82) is 0 Å². The Bertz CT molecular complexity index is 1000. The summed E-state index contributed by atoms with van der Waals surface area (Å²) in [7, 11) is -3.71. The molecule has 0 saturated carbocycles. The highest BCUT2D eigenvalue weighted by Gasteiger charge is 2.35. The van der Waals surface area contributed by atoms with E-state index in [4.69, 9.17) is 0 Å². The number of aryl methyl sites for hydroxylation is 1. The fourth-order valence-corrected chi connectivity index (χ4v) is 4.42. The Morgan fingerprint density at radius 1 is 0.963 bits per heavy atom.